The average molecular weight is 348 g/mol. The van der Waals surface area contributed by atoms with Gasteiger partial charge in [-0.15, -0.1) is 0 Å². The summed E-state index contributed by atoms with van der Waals surface area (Å²) in [6.07, 6.45) is -1.44. The van der Waals surface area contributed by atoms with Crippen molar-refractivity contribution >= 4 is 6.03 Å². The predicted octanol–water partition coefficient (Wildman–Crippen LogP) is 4.58. The molecule has 2 N–H and O–H groups in total. The first-order valence-electron chi connectivity index (χ1n) is 8.22. The van der Waals surface area contributed by atoms with Crippen molar-refractivity contribution in [2.45, 2.75) is 38.0 Å². The third kappa shape index (κ3) is 4.32. The second-order valence-electron chi connectivity index (χ2n) is 6.17. The molecule has 25 heavy (non-hydrogen) atoms. The number of alkyl halides is 3. The van der Waals surface area contributed by atoms with Gasteiger partial charge in [-0.2, -0.15) is 13.2 Å². The number of aryl methyl sites for hydroxylation is 1. The van der Waals surface area contributed by atoms with Crippen LogP contribution in [0.1, 0.15) is 41.1 Å². The third-order valence-electron chi connectivity index (χ3n) is 4.41. The molecule has 2 aromatic rings. The van der Waals surface area contributed by atoms with Gasteiger partial charge in [0, 0.05) is 6.54 Å². The van der Waals surface area contributed by atoms with Crippen LogP contribution < -0.4 is 10.6 Å². The summed E-state index contributed by atoms with van der Waals surface area (Å²) in [4.78, 5) is 12.1. The molecular weight excluding hydrogens is 329 g/mol. The Hall–Kier alpha value is -2.50. The summed E-state index contributed by atoms with van der Waals surface area (Å²) >= 11 is 0. The SMILES string of the molecule is O=C(NCc1ccc(C(F)(F)F)cc1)NC1CCCc2ccccc21. The fourth-order valence-electron chi connectivity index (χ4n) is 3.11. The zero-order valence-corrected chi connectivity index (χ0v) is 13.6. The standard InChI is InChI=1S/C19H19F3N2O/c20-19(21,22)15-10-8-13(9-11-15)12-23-18(25)24-17-7-3-5-14-4-1-2-6-16(14)17/h1-2,4,6,8-11,17H,3,5,7,12H2,(H2,23,24,25). The van der Waals surface area contributed by atoms with Crippen molar-refractivity contribution in [1.82, 2.24) is 10.6 Å². The predicted molar refractivity (Wildman–Crippen MR) is 88.9 cm³/mol. The number of hydrogen-bond acceptors (Lipinski definition) is 1. The van der Waals surface area contributed by atoms with Gasteiger partial charge in [0.1, 0.15) is 0 Å². The first kappa shape index (κ1) is 17.3. The molecular formula is C19H19F3N2O. The van der Waals surface area contributed by atoms with E-state index >= 15 is 0 Å². The van der Waals surface area contributed by atoms with Gasteiger partial charge < -0.3 is 10.6 Å². The number of carbonyl (C=O) groups is 1. The molecule has 3 rings (SSSR count). The van der Waals surface area contributed by atoms with Gasteiger partial charge in [0.05, 0.1) is 11.6 Å². The fourth-order valence-corrected chi connectivity index (χ4v) is 3.11. The van der Waals surface area contributed by atoms with Gasteiger partial charge in [0.25, 0.3) is 0 Å². The van der Waals surface area contributed by atoms with Crippen LogP contribution in [0.3, 0.4) is 0 Å². The van der Waals surface area contributed by atoms with E-state index in [4.69, 9.17) is 0 Å². The number of urea groups is 1. The molecule has 0 radical (unpaired) electrons. The monoisotopic (exact) mass is 348 g/mol. The second kappa shape index (κ2) is 7.17. The van der Waals surface area contributed by atoms with Gasteiger partial charge in [-0.3, -0.25) is 0 Å². The zero-order valence-electron chi connectivity index (χ0n) is 13.6. The lowest BCUT2D eigenvalue weighted by molar-refractivity contribution is -0.137. The van der Waals surface area contributed by atoms with E-state index in [9.17, 15) is 18.0 Å². The van der Waals surface area contributed by atoms with Crippen molar-refractivity contribution in [3.05, 3.63) is 70.8 Å². The molecule has 0 heterocycles. The molecule has 2 aromatic carbocycles. The van der Waals surface area contributed by atoms with Crippen LogP contribution in [0.5, 0.6) is 0 Å². The van der Waals surface area contributed by atoms with Crippen LogP contribution >= 0.6 is 0 Å². The molecule has 0 bridgehead atoms. The Balaban J connectivity index is 1.55. The summed E-state index contributed by atoms with van der Waals surface area (Å²) in [6.45, 7) is 0.179. The number of rotatable bonds is 3. The first-order valence-corrected chi connectivity index (χ1v) is 8.22. The molecule has 1 aliphatic carbocycles. The van der Waals surface area contributed by atoms with Crippen molar-refractivity contribution in [3.63, 3.8) is 0 Å². The van der Waals surface area contributed by atoms with Gasteiger partial charge in [-0.25, -0.2) is 4.79 Å². The number of amides is 2. The topological polar surface area (TPSA) is 41.1 Å². The van der Waals surface area contributed by atoms with Crippen molar-refractivity contribution < 1.29 is 18.0 Å². The molecule has 1 atom stereocenters. The van der Waals surface area contributed by atoms with Crippen molar-refractivity contribution in [2.75, 3.05) is 0 Å². The molecule has 0 saturated carbocycles. The number of benzene rings is 2. The van der Waals surface area contributed by atoms with Crippen LogP contribution in [0.2, 0.25) is 0 Å². The highest BCUT2D eigenvalue weighted by Crippen LogP contribution is 2.30. The smallest absolute Gasteiger partial charge is 0.334 e. The normalized spacial score (nSPS) is 16.8. The molecule has 132 valence electrons. The number of nitrogens with one attached hydrogen (secondary N) is 2. The fraction of sp³-hybridized carbons (Fsp3) is 0.316. The number of halogens is 3. The quantitative estimate of drug-likeness (QED) is 0.837. The second-order valence-corrected chi connectivity index (χ2v) is 6.17. The van der Waals surface area contributed by atoms with Crippen LogP contribution in [0.15, 0.2) is 48.5 Å². The summed E-state index contributed by atoms with van der Waals surface area (Å²) in [7, 11) is 0. The van der Waals surface area contributed by atoms with E-state index in [1.807, 2.05) is 18.2 Å². The third-order valence-corrected chi connectivity index (χ3v) is 4.41. The minimum absolute atomic E-state index is 0.0300. The van der Waals surface area contributed by atoms with E-state index < -0.39 is 11.7 Å². The highest BCUT2D eigenvalue weighted by Gasteiger charge is 2.29. The van der Waals surface area contributed by atoms with Crippen LogP contribution in [0, 0.1) is 0 Å². The lowest BCUT2D eigenvalue weighted by Gasteiger charge is -2.26. The number of hydrogen-bond donors (Lipinski definition) is 2. The Morgan fingerprint density at radius 1 is 1.08 bits per heavy atom. The molecule has 1 aliphatic rings. The minimum Gasteiger partial charge on any atom is -0.334 e. The van der Waals surface area contributed by atoms with Crippen LogP contribution in [0.25, 0.3) is 0 Å². The lowest BCUT2D eigenvalue weighted by atomic mass is 9.88. The molecule has 6 heteroatoms. The molecule has 0 saturated heterocycles. The number of fused-ring (bicyclic) bond motifs is 1. The highest BCUT2D eigenvalue weighted by atomic mass is 19.4. The van der Waals surface area contributed by atoms with Crippen molar-refractivity contribution in [3.8, 4) is 0 Å². The maximum Gasteiger partial charge on any atom is 0.416 e. The van der Waals surface area contributed by atoms with E-state index in [0.717, 1.165) is 37.0 Å². The van der Waals surface area contributed by atoms with E-state index in [1.54, 1.807) is 0 Å². The number of carbonyl (C=O) groups excluding carboxylic acids is 1. The van der Waals surface area contributed by atoms with Crippen molar-refractivity contribution in [2.24, 2.45) is 0 Å². The Labute approximate surface area is 144 Å². The first-order chi connectivity index (χ1) is 11.9. The Morgan fingerprint density at radius 3 is 2.52 bits per heavy atom. The van der Waals surface area contributed by atoms with Gasteiger partial charge in [-0.1, -0.05) is 36.4 Å². The molecule has 0 aliphatic heterocycles. The zero-order chi connectivity index (χ0) is 17.9. The average Bonchev–Trinajstić information content (AvgIpc) is 2.60. The Bertz CT molecular complexity index is 741. The maximum absolute atomic E-state index is 12.5. The van der Waals surface area contributed by atoms with Gasteiger partial charge in [0.2, 0.25) is 0 Å². The van der Waals surface area contributed by atoms with E-state index in [1.165, 1.54) is 17.7 Å². The maximum atomic E-state index is 12.5. The van der Waals surface area contributed by atoms with E-state index in [2.05, 4.69) is 16.7 Å². The largest absolute Gasteiger partial charge is 0.416 e. The minimum atomic E-state index is -4.35. The van der Waals surface area contributed by atoms with Crippen LogP contribution in [-0.2, 0) is 19.1 Å². The molecule has 0 spiro atoms. The van der Waals surface area contributed by atoms with Gasteiger partial charge >= 0.3 is 12.2 Å². The lowest BCUT2D eigenvalue weighted by Crippen LogP contribution is -2.38. The summed E-state index contributed by atoms with van der Waals surface area (Å²) in [6, 6.07) is 12.5. The summed E-state index contributed by atoms with van der Waals surface area (Å²) < 4.78 is 37.6. The summed E-state index contributed by atoms with van der Waals surface area (Å²) in [5, 5.41) is 5.65. The molecule has 0 aromatic heterocycles. The van der Waals surface area contributed by atoms with E-state index in [-0.39, 0.29) is 18.6 Å². The summed E-state index contributed by atoms with van der Waals surface area (Å²) in [5.41, 5.74) is 2.31. The molecule has 0 fully saturated rings. The Morgan fingerprint density at radius 2 is 1.80 bits per heavy atom. The Kier molecular flexibility index (Phi) is 4.97. The van der Waals surface area contributed by atoms with Crippen LogP contribution in [-0.4, -0.2) is 6.03 Å². The van der Waals surface area contributed by atoms with Gasteiger partial charge in [0.15, 0.2) is 0 Å². The van der Waals surface area contributed by atoms with Gasteiger partial charge in [-0.05, 0) is 48.1 Å². The summed E-state index contributed by atoms with van der Waals surface area (Å²) in [5.74, 6) is 0. The van der Waals surface area contributed by atoms with E-state index in [0.29, 0.717) is 5.56 Å². The van der Waals surface area contributed by atoms with Crippen LogP contribution in [0.4, 0.5) is 18.0 Å². The molecule has 1 unspecified atom stereocenters. The highest BCUT2D eigenvalue weighted by molar-refractivity contribution is 5.74. The molecule has 3 nitrogen and oxygen atoms in total. The molecule has 2 amide bonds. The van der Waals surface area contributed by atoms with Crippen molar-refractivity contribution in [1.29, 1.82) is 0 Å².